The molecule has 1 heterocycles. The third-order valence-electron chi connectivity index (χ3n) is 3.27. The Balaban J connectivity index is 0.000000640. The number of hydrogen-bond donors (Lipinski definition) is 2. The van der Waals surface area contributed by atoms with Crippen molar-refractivity contribution in [1.82, 2.24) is 15.0 Å². The molecule has 148 valence electrons. The molecule has 2 aromatic carbocycles. The number of benzene rings is 2. The zero-order valence-electron chi connectivity index (χ0n) is 14.5. The van der Waals surface area contributed by atoms with Crippen LogP contribution < -0.4 is 10.1 Å². The number of aromatic nitrogens is 3. The number of methoxy groups -OCH3 is 1. The highest BCUT2D eigenvalue weighted by atomic mass is 32.2. The lowest BCUT2D eigenvalue weighted by atomic mass is 10.1. The highest BCUT2D eigenvalue weighted by Gasteiger charge is 2.10. The molecule has 0 radical (unpaired) electrons. The molecule has 13 heteroatoms. The molecule has 0 aliphatic rings. The van der Waals surface area contributed by atoms with Gasteiger partial charge in [-0.1, -0.05) is 12.1 Å². The van der Waals surface area contributed by atoms with Gasteiger partial charge in [0, 0.05) is 5.69 Å². The average Bonchev–Trinajstić information content (AvgIpc) is 2.59. The largest absolute Gasteiger partial charge is 0.467 e. The van der Waals surface area contributed by atoms with E-state index in [9.17, 15) is 8.42 Å². The molecule has 3 aromatic rings. The second-order valence-electron chi connectivity index (χ2n) is 5.22. The summed E-state index contributed by atoms with van der Waals surface area (Å²) in [7, 11) is -5.86. The number of aryl methyl sites for hydroxylation is 1. The van der Waals surface area contributed by atoms with Crippen LogP contribution in [0, 0.1) is 6.92 Å². The Hall–Kier alpha value is -3.16. The molecule has 1 aromatic heterocycles. The monoisotopic (exact) mass is 426 g/mol. The Morgan fingerprint density at radius 2 is 1.61 bits per heavy atom. The molecule has 0 amide bonds. The standard InChI is InChI=1S/C15H14N4O4S.O3S/c1-9-16-14(19-15(17-9)23-2)18-12-5-3-11-8-13(24(20,21)22)6-4-10(11)7-12;1-4(2)3/h3-8H,1-2H3,(H,20,21,22)(H,16,17,18,19);. The van der Waals surface area contributed by atoms with Gasteiger partial charge < -0.3 is 10.1 Å². The fourth-order valence-corrected chi connectivity index (χ4v) is 2.71. The van der Waals surface area contributed by atoms with E-state index in [1.165, 1.54) is 19.2 Å². The predicted molar refractivity (Wildman–Crippen MR) is 97.9 cm³/mol. The van der Waals surface area contributed by atoms with Crippen LogP contribution in [0.1, 0.15) is 5.82 Å². The van der Waals surface area contributed by atoms with E-state index in [-0.39, 0.29) is 10.9 Å². The Bertz CT molecular complexity index is 1220. The van der Waals surface area contributed by atoms with Crippen LogP contribution in [0.2, 0.25) is 0 Å². The number of hydrogen-bond acceptors (Lipinski definition) is 10. The van der Waals surface area contributed by atoms with Crippen molar-refractivity contribution in [3.8, 4) is 6.01 Å². The van der Waals surface area contributed by atoms with Gasteiger partial charge in [0.1, 0.15) is 5.82 Å². The van der Waals surface area contributed by atoms with E-state index < -0.39 is 20.7 Å². The molecule has 11 nitrogen and oxygen atoms in total. The van der Waals surface area contributed by atoms with Crippen LogP contribution >= 0.6 is 0 Å². The van der Waals surface area contributed by atoms with Gasteiger partial charge in [0.15, 0.2) is 0 Å². The lowest BCUT2D eigenvalue weighted by Crippen LogP contribution is -2.03. The maximum absolute atomic E-state index is 11.2. The minimum Gasteiger partial charge on any atom is -0.467 e. The zero-order valence-corrected chi connectivity index (χ0v) is 16.2. The fourth-order valence-electron chi connectivity index (χ4n) is 2.20. The van der Waals surface area contributed by atoms with Gasteiger partial charge in [-0.25, -0.2) is 0 Å². The van der Waals surface area contributed by atoms with Gasteiger partial charge in [-0.15, -0.1) is 12.6 Å². The highest BCUT2D eigenvalue weighted by Crippen LogP contribution is 2.24. The third kappa shape index (κ3) is 5.94. The van der Waals surface area contributed by atoms with E-state index in [1.54, 1.807) is 25.1 Å². The molecule has 0 aliphatic carbocycles. The zero-order chi connectivity index (χ0) is 20.9. The smallest absolute Gasteiger partial charge is 0.425 e. The van der Waals surface area contributed by atoms with Crippen molar-refractivity contribution in [1.29, 1.82) is 0 Å². The number of anilines is 2. The van der Waals surface area contributed by atoms with Crippen molar-refractivity contribution in [3.05, 3.63) is 42.2 Å². The molecule has 2 N–H and O–H groups in total. The van der Waals surface area contributed by atoms with Gasteiger partial charge in [-0.3, -0.25) is 4.55 Å². The summed E-state index contributed by atoms with van der Waals surface area (Å²) in [6, 6.07) is 9.88. The molecule has 0 bridgehead atoms. The fraction of sp³-hybridized carbons (Fsp3) is 0.133. The first-order valence-electron chi connectivity index (χ1n) is 7.40. The molecular formula is C15H14N4O7S2. The van der Waals surface area contributed by atoms with E-state index in [0.29, 0.717) is 17.2 Å². The average molecular weight is 426 g/mol. The predicted octanol–water partition coefficient (Wildman–Crippen LogP) is 1.33. The Labute approximate surface area is 161 Å². The summed E-state index contributed by atoms with van der Waals surface area (Å²) in [6.07, 6.45) is 0. The van der Waals surface area contributed by atoms with E-state index in [0.717, 1.165) is 11.1 Å². The van der Waals surface area contributed by atoms with Crippen LogP contribution in [0.3, 0.4) is 0 Å². The number of fused-ring (bicyclic) bond motifs is 1. The first kappa shape index (κ1) is 21.1. The molecule has 3 rings (SSSR count). The van der Waals surface area contributed by atoms with Crippen LogP contribution in [0.15, 0.2) is 41.3 Å². The van der Waals surface area contributed by atoms with E-state index in [2.05, 4.69) is 20.3 Å². The second-order valence-corrected chi connectivity index (χ2v) is 7.05. The topological polar surface area (TPSA) is 166 Å². The molecule has 0 saturated heterocycles. The molecule has 0 unspecified atom stereocenters. The van der Waals surface area contributed by atoms with Crippen molar-refractivity contribution in [2.24, 2.45) is 0 Å². The van der Waals surface area contributed by atoms with Gasteiger partial charge in [-0.05, 0) is 42.0 Å². The summed E-state index contributed by atoms with van der Waals surface area (Å²) >= 11 is 0. The summed E-state index contributed by atoms with van der Waals surface area (Å²) in [4.78, 5) is 12.2. The first-order chi connectivity index (χ1) is 13.1. The molecule has 0 spiro atoms. The maximum atomic E-state index is 11.2. The third-order valence-corrected chi connectivity index (χ3v) is 4.12. The highest BCUT2D eigenvalue weighted by molar-refractivity contribution is 7.85. The summed E-state index contributed by atoms with van der Waals surface area (Å²) in [5.74, 6) is 0.858. The second kappa shape index (κ2) is 8.69. The number of ether oxygens (including phenoxy) is 1. The quantitative estimate of drug-likeness (QED) is 0.578. The van der Waals surface area contributed by atoms with Crippen molar-refractivity contribution in [3.63, 3.8) is 0 Å². The minimum atomic E-state index is -4.22. The first-order valence-corrected chi connectivity index (χ1v) is 9.84. The van der Waals surface area contributed by atoms with Crippen LogP contribution in [0.25, 0.3) is 10.8 Å². The Morgan fingerprint density at radius 3 is 2.21 bits per heavy atom. The normalized spacial score (nSPS) is 10.7. The summed E-state index contributed by atoms with van der Waals surface area (Å²) in [5, 5.41) is 4.52. The van der Waals surface area contributed by atoms with Crippen LogP contribution in [-0.2, 0) is 20.7 Å². The van der Waals surface area contributed by atoms with Crippen LogP contribution in [0.4, 0.5) is 11.6 Å². The van der Waals surface area contributed by atoms with Crippen LogP contribution in [-0.4, -0.2) is 47.7 Å². The summed E-state index contributed by atoms with van der Waals surface area (Å²) in [5.41, 5.74) is 0.717. The SMILES string of the molecule is COc1nc(C)nc(Nc2ccc3cc(S(=O)(=O)O)ccc3c2)n1.O=S(=O)=O. The maximum Gasteiger partial charge on any atom is 0.425 e. The van der Waals surface area contributed by atoms with Crippen LogP contribution in [0.5, 0.6) is 6.01 Å². The van der Waals surface area contributed by atoms with E-state index in [4.69, 9.17) is 21.9 Å². The lowest BCUT2D eigenvalue weighted by molar-refractivity contribution is 0.377. The van der Waals surface area contributed by atoms with Crippen molar-refractivity contribution in [2.75, 3.05) is 12.4 Å². The Morgan fingerprint density at radius 1 is 1.00 bits per heavy atom. The van der Waals surface area contributed by atoms with E-state index >= 15 is 0 Å². The van der Waals surface area contributed by atoms with Crippen molar-refractivity contribution >= 4 is 43.1 Å². The summed E-state index contributed by atoms with van der Waals surface area (Å²) < 4.78 is 61.8. The lowest BCUT2D eigenvalue weighted by Gasteiger charge is -2.08. The van der Waals surface area contributed by atoms with Crippen molar-refractivity contribution < 1.29 is 30.3 Å². The van der Waals surface area contributed by atoms with Gasteiger partial charge in [-0.2, -0.15) is 23.4 Å². The molecular weight excluding hydrogens is 412 g/mol. The van der Waals surface area contributed by atoms with Gasteiger partial charge in [0.25, 0.3) is 10.1 Å². The van der Waals surface area contributed by atoms with E-state index in [1.807, 2.05) is 6.07 Å². The number of rotatable bonds is 4. The molecule has 0 aliphatic heterocycles. The van der Waals surface area contributed by atoms with Gasteiger partial charge in [0.05, 0.1) is 12.0 Å². The number of nitrogens with one attached hydrogen (secondary N) is 1. The Kier molecular flexibility index (Phi) is 6.56. The van der Waals surface area contributed by atoms with Gasteiger partial charge >= 0.3 is 16.6 Å². The molecule has 28 heavy (non-hydrogen) atoms. The molecule has 0 fully saturated rings. The summed E-state index contributed by atoms with van der Waals surface area (Å²) in [6.45, 7) is 1.73. The molecule has 0 atom stereocenters. The minimum absolute atomic E-state index is 0.145. The van der Waals surface area contributed by atoms with Gasteiger partial charge in [0.2, 0.25) is 5.95 Å². The van der Waals surface area contributed by atoms with Crippen molar-refractivity contribution in [2.45, 2.75) is 11.8 Å². The molecule has 0 saturated carbocycles. The number of nitrogens with zero attached hydrogens (tertiary/aromatic N) is 3.